The standard InChI is InChI=1S/C18H24N4O2S/c1-5-7-17(23)22(21-19-4)16-9-6-8-14(13(2)3)15(16)12-24-18-20-10-11-25-18/h6,8-11,13H,5,7,12H2,1-4H3. The molecule has 0 aliphatic rings. The lowest BCUT2D eigenvalue weighted by atomic mass is 9.96. The average Bonchev–Trinajstić information content (AvgIpc) is 3.11. The van der Waals surface area contributed by atoms with Gasteiger partial charge in [-0.25, -0.2) is 4.98 Å². The van der Waals surface area contributed by atoms with Crippen LogP contribution in [0.25, 0.3) is 0 Å². The smallest absolute Gasteiger partial charge is 0.273 e. The van der Waals surface area contributed by atoms with Gasteiger partial charge >= 0.3 is 0 Å². The van der Waals surface area contributed by atoms with E-state index >= 15 is 0 Å². The van der Waals surface area contributed by atoms with Gasteiger partial charge in [0.25, 0.3) is 5.19 Å². The number of carbonyl (C=O) groups is 1. The molecule has 2 aromatic rings. The van der Waals surface area contributed by atoms with Crippen molar-refractivity contribution in [2.75, 3.05) is 12.1 Å². The minimum atomic E-state index is -0.0792. The molecule has 1 aromatic heterocycles. The van der Waals surface area contributed by atoms with E-state index in [9.17, 15) is 4.79 Å². The Morgan fingerprint density at radius 1 is 1.40 bits per heavy atom. The molecule has 1 amide bonds. The highest BCUT2D eigenvalue weighted by Gasteiger charge is 2.21. The molecule has 0 bridgehead atoms. The van der Waals surface area contributed by atoms with Gasteiger partial charge in [-0.05, 0) is 24.0 Å². The van der Waals surface area contributed by atoms with Crippen LogP contribution in [0.2, 0.25) is 0 Å². The molecule has 0 N–H and O–H groups in total. The van der Waals surface area contributed by atoms with Gasteiger partial charge in [-0.1, -0.05) is 49.5 Å². The van der Waals surface area contributed by atoms with E-state index in [-0.39, 0.29) is 11.8 Å². The highest BCUT2D eigenvalue weighted by atomic mass is 32.1. The van der Waals surface area contributed by atoms with E-state index in [1.807, 2.05) is 24.4 Å². The second kappa shape index (κ2) is 9.27. The molecule has 0 aliphatic carbocycles. The van der Waals surface area contributed by atoms with Crippen LogP contribution in [0.15, 0.2) is 40.1 Å². The number of hydrogen-bond acceptors (Lipinski definition) is 6. The number of nitrogens with zero attached hydrogens (tertiary/aromatic N) is 4. The maximum Gasteiger partial charge on any atom is 0.273 e. The molecule has 2 rings (SSSR count). The maximum absolute atomic E-state index is 12.5. The first-order valence-electron chi connectivity index (χ1n) is 8.35. The van der Waals surface area contributed by atoms with E-state index in [0.29, 0.717) is 23.9 Å². The Bertz CT molecular complexity index is 714. The molecule has 0 spiro atoms. The SMILES string of the molecule is CCCC(=O)N(N=NC)c1cccc(C(C)C)c1COc1nccs1. The quantitative estimate of drug-likeness (QED) is 0.493. The second-order valence-corrected chi connectivity index (χ2v) is 6.69. The van der Waals surface area contributed by atoms with Gasteiger partial charge in [-0.3, -0.25) is 4.79 Å². The Kier molecular flexibility index (Phi) is 7.06. The number of thiazole rings is 1. The number of ether oxygens (including phenoxy) is 1. The molecule has 0 radical (unpaired) electrons. The van der Waals surface area contributed by atoms with Crippen molar-refractivity contribution in [2.24, 2.45) is 10.3 Å². The van der Waals surface area contributed by atoms with Gasteiger partial charge in [0.05, 0.1) is 12.7 Å². The second-order valence-electron chi connectivity index (χ2n) is 5.83. The lowest BCUT2D eigenvalue weighted by Crippen LogP contribution is -2.26. The van der Waals surface area contributed by atoms with Crippen molar-refractivity contribution >= 4 is 22.9 Å². The largest absolute Gasteiger partial charge is 0.465 e. The van der Waals surface area contributed by atoms with E-state index in [1.54, 1.807) is 13.2 Å². The summed E-state index contributed by atoms with van der Waals surface area (Å²) in [5.41, 5.74) is 2.77. The average molecular weight is 360 g/mol. The summed E-state index contributed by atoms with van der Waals surface area (Å²) < 4.78 is 5.83. The fraction of sp³-hybridized carbons (Fsp3) is 0.444. The van der Waals surface area contributed by atoms with Crippen LogP contribution in [0, 0.1) is 0 Å². The van der Waals surface area contributed by atoms with Crippen molar-refractivity contribution in [2.45, 2.75) is 46.1 Å². The predicted molar refractivity (Wildman–Crippen MR) is 100 cm³/mol. The lowest BCUT2D eigenvalue weighted by Gasteiger charge is -2.22. The summed E-state index contributed by atoms with van der Waals surface area (Å²) in [5.74, 6) is 0.209. The Balaban J connectivity index is 2.43. The summed E-state index contributed by atoms with van der Waals surface area (Å²) in [5, 5.41) is 11.7. The molecule has 1 aromatic carbocycles. The van der Waals surface area contributed by atoms with Gasteiger partial charge in [0.15, 0.2) is 0 Å². The highest BCUT2D eigenvalue weighted by molar-refractivity contribution is 7.11. The number of amides is 1. The third-order valence-electron chi connectivity index (χ3n) is 3.67. The summed E-state index contributed by atoms with van der Waals surface area (Å²) in [7, 11) is 1.56. The van der Waals surface area contributed by atoms with Gasteiger partial charge < -0.3 is 4.74 Å². The predicted octanol–water partition coefficient (Wildman–Crippen LogP) is 4.98. The summed E-state index contributed by atoms with van der Waals surface area (Å²) in [6.07, 6.45) is 2.87. The zero-order valence-corrected chi connectivity index (χ0v) is 15.9. The first-order chi connectivity index (χ1) is 12.1. The van der Waals surface area contributed by atoms with Crippen molar-refractivity contribution in [3.8, 4) is 5.19 Å². The Labute approximate surface area is 152 Å². The van der Waals surface area contributed by atoms with E-state index < -0.39 is 0 Å². The summed E-state index contributed by atoms with van der Waals surface area (Å²) in [4.78, 5) is 16.7. The molecular formula is C18H24N4O2S. The first-order valence-corrected chi connectivity index (χ1v) is 9.23. The molecule has 25 heavy (non-hydrogen) atoms. The van der Waals surface area contributed by atoms with Crippen LogP contribution in [0.3, 0.4) is 0 Å². The van der Waals surface area contributed by atoms with Gasteiger partial charge in [0, 0.05) is 23.6 Å². The summed E-state index contributed by atoms with van der Waals surface area (Å²) in [6, 6.07) is 5.88. The van der Waals surface area contributed by atoms with E-state index in [0.717, 1.165) is 17.5 Å². The van der Waals surface area contributed by atoms with E-state index in [2.05, 4.69) is 35.2 Å². The summed E-state index contributed by atoms with van der Waals surface area (Å²) in [6.45, 7) is 6.53. The fourth-order valence-corrected chi connectivity index (χ4v) is 3.03. The molecular weight excluding hydrogens is 336 g/mol. The number of aromatic nitrogens is 1. The third kappa shape index (κ3) is 4.85. The topological polar surface area (TPSA) is 67.2 Å². The van der Waals surface area contributed by atoms with Gasteiger partial charge in [0.1, 0.15) is 6.61 Å². The van der Waals surface area contributed by atoms with Gasteiger partial charge in [-0.2, -0.15) is 10.1 Å². The van der Waals surface area contributed by atoms with Crippen LogP contribution in [-0.2, 0) is 11.4 Å². The minimum absolute atomic E-state index is 0.0792. The number of anilines is 1. The number of carbonyl (C=O) groups excluding carboxylic acids is 1. The zero-order chi connectivity index (χ0) is 18.2. The minimum Gasteiger partial charge on any atom is -0.465 e. The number of rotatable bonds is 8. The highest BCUT2D eigenvalue weighted by Crippen LogP contribution is 2.31. The van der Waals surface area contributed by atoms with Crippen molar-refractivity contribution in [1.29, 1.82) is 0 Å². The van der Waals surface area contributed by atoms with Crippen LogP contribution < -0.4 is 9.75 Å². The van der Waals surface area contributed by atoms with Crippen LogP contribution in [0.4, 0.5) is 5.69 Å². The molecule has 0 fully saturated rings. The van der Waals surface area contributed by atoms with E-state index in [1.165, 1.54) is 16.3 Å². The Hall–Kier alpha value is -2.28. The monoisotopic (exact) mass is 360 g/mol. The molecule has 0 unspecified atom stereocenters. The molecule has 0 atom stereocenters. The molecule has 7 heteroatoms. The van der Waals surface area contributed by atoms with Crippen molar-refractivity contribution < 1.29 is 9.53 Å². The lowest BCUT2D eigenvalue weighted by molar-refractivity contribution is -0.118. The van der Waals surface area contributed by atoms with Gasteiger partial charge in [-0.15, -0.1) is 0 Å². The molecule has 0 saturated carbocycles. The van der Waals surface area contributed by atoms with Crippen molar-refractivity contribution in [1.82, 2.24) is 4.98 Å². The molecule has 1 heterocycles. The summed E-state index contributed by atoms with van der Waals surface area (Å²) >= 11 is 1.44. The normalized spacial score (nSPS) is 11.2. The van der Waals surface area contributed by atoms with Crippen LogP contribution in [0.5, 0.6) is 5.19 Å². The fourth-order valence-electron chi connectivity index (χ4n) is 2.55. The van der Waals surface area contributed by atoms with Crippen LogP contribution >= 0.6 is 11.3 Å². The van der Waals surface area contributed by atoms with Crippen LogP contribution in [-0.4, -0.2) is 17.9 Å². The third-order valence-corrected chi connectivity index (χ3v) is 4.35. The molecule has 0 saturated heterocycles. The van der Waals surface area contributed by atoms with E-state index in [4.69, 9.17) is 4.74 Å². The van der Waals surface area contributed by atoms with Crippen LogP contribution in [0.1, 0.15) is 50.7 Å². The number of hydrogen-bond donors (Lipinski definition) is 0. The molecule has 0 aliphatic heterocycles. The Morgan fingerprint density at radius 3 is 2.80 bits per heavy atom. The number of benzene rings is 1. The van der Waals surface area contributed by atoms with Gasteiger partial charge in [0.2, 0.25) is 5.91 Å². The molecule has 134 valence electrons. The maximum atomic E-state index is 12.5. The zero-order valence-electron chi connectivity index (χ0n) is 15.1. The van der Waals surface area contributed by atoms with Crippen molar-refractivity contribution in [3.05, 3.63) is 40.9 Å². The van der Waals surface area contributed by atoms with Crippen molar-refractivity contribution in [3.63, 3.8) is 0 Å². The first kappa shape index (κ1) is 19.1. The molecule has 6 nitrogen and oxygen atoms in total. The Morgan fingerprint density at radius 2 is 2.20 bits per heavy atom.